The van der Waals surface area contributed by atoms with Gasteiger partial charge < -0.3 is 4.74 Å². The second-order valence-electron chi connectivity index (χ2n) is 2.90. The highest BCUT2D eigenvalue weighted by molar-refractivity contribution is 7.80. The molecule has 12 heavy (non-hydrogen) atoms. The number of hydrogen-bond donors (Lipinski definition) is 1. The molecular formula is C10H14OS. The van der Waals surface area contributed by atoms with Gasteiger partial charge in [-0.25, -0.2) is 0 Å². The van der Waals surface area contributed by atoms with Gasteiger partial charge in [-0.2, -0.15) is 0 Å². The van der Waals surface area contributed by atoms with E-state index in [1.807, 2.05) is 13.0 Å². The zero-order chi connectivity index (χ0) is 8.97. The van der Waals surface area contributed by atoms with Crippen LogP contribution in [-0.2, 0) is 11.3 Å². The fourth-order valence-electron chi connectivity index (χ4n) is 1.02. The summed E-state index contributed by atoms with van der Waals surface area (Å²) >= 11 is 4.13. The van der Waals surface area contributed by atoms with Gasteiger partial charge >= 0.3 is 0 Å². The Kier molecular flexibility index (Phi) is 3.63. The Hall–Kier alpha value is -0.470. The number of hydrogen-bond acceptors (Lipinski definition) is 2. The molecule has 1 aromatic rings. The lowest BCUT2D eigenvalue weighted by atomic mass is 10.1. The molecule has 0 bridgehead atoms. The highest BCUT2D eigenvalue weighted by Gasteiger charge is 1.95. The van der Waals surface area contributed by atoms with Crippen molar-refractivity contribution in [1.82, 2.24) is 0 Å². The average molecular weight is 182 g/mol. The van der Waals surface area contributed by atoms with E-state index in [2.05, 4.69) is 37.8 Å². The number of benzene rings is 1. The van der Waals surface area contributed by atoms with E-state index < -0.39 is 0 Å². The fourth-order valence-corrected chi connectivity index (χ4v) is 1.09. The van der Waals surface area contributed by atoms with E-state index in [4.69, 9.17) is 4.74 Å². The van der Waals surface area contributed by atoms with E-state index in [1.54, 1.807) is 0 Å². The molecule has 2 heteroatoms. The smallest absolute Gasteiger partial charge is 0.0975 e. The van der Waals surface area contributed by atoms with Crippen molar-refractivity contribution in [2.75, 3.05) is 0 Å². The third-order valence-electron chi connectivity index (χ3n) is 1.57. The number of rotatable bonds is 3. The Labute approximate surface area is 79.2 Å². The molecule has 0 aliphatic carbocycles. The van der Waals surface area contributed by atoms with Gasteiger partial charge in [0.15, 0.2) is 0 Å². The third-order valence-corrected chi connectivity index (χ3v) is 1.72. The first kappa shape index (κ1) is 9.62. The van der Waals surface area contributed by atoms with Crippen LogP contribution in [0, 0.1) is 6.92 Å². The number of thiol groups is 1. The number of aryl methyl sites for hydroxylation is 1. The van der Waals surface area contributed by atoms with Crippen LogP contribution in [0.1, 0.15) is 18.1 Å². The highest BCUT2D eigenvalue weighted by Crippen LogP contribution is 2.07. The number of ether oxygens (including phenoxy) is 1. The lowest BCUT2D eigenvalue weighted by Crippen LogP contribution is -1.99. The van der Waals surface area contributed by atoms with Gasteiger partial charge in [0, 0.05) is 0 Å². The summed E-state index contributed by atoms with van der Waals surface area (Å²) in [6, 6.07) is 8.30. The summed E-state index contributed by atoms with van der Waals surface area (Å²) in [4.78, 5) is 0. The van der Waals surface area contributed by atoms with Gasteiger partial charge in [0.2, 0.25) is 0 Å². The lowest BCUT2D eigenvalue weighted by Gasteiger charge is -2.06. The molecule has 0 fully saturated rings. The minimum Gasteiger partial charge on any atom is -0.363 e. The molecule has 1 unspecified atom stereocenters. The summed E-state index contributed by atoms with van der Waals surface area (Å²) in [7, 11) is 0. The molecule has 0 heterocycles. The van der Waals surface area contributed by atoms with Crippen LogP contribution in [0.4, 0.5) is 0 Å². The Morgan fingerprint density at radius 1 is 1.50 bits per heavy atom. The first-order valence-corrected chi connectivity index (χ1v) is 4.55. The van der Waals surface area contributed by atoms with Crippen LogP contribution in [-0.4, -0.2) is 5.44 Å². The molecule has 66 valence electrons. The van der Waals surface area contributed by atoms with Crippen molar-refractivity contribution in [3.63, 3.8) is 0 Å². The van der Waals surface area contributed by atoms with Crippen molar-refractivity contribution in [3.05, 3.63) is 35.4 Å². The van der Waals surface area contributed by atoms with Gasteiger partial charge in [0.1, 0.15) is 0 Å². The summed E-state index contributed by atoms with van der Waals surface area (Å²) in [6.45, 7) is 4.64. The minimum absolute atomic E-state index is 0.00510. The largest absolute Gasteiger partial charge is 0.363 e. The average Bonchev–Trinajstić information content (AvgIpc) is 2.01. The molecule has 0 saturated heterocycles. The molecule has 0 saturated carbocycles. The van der Waals surface area contributed by atoms with Crippen molar-refractivity contribution in [2.45, 2.75) is 25.9 Å². The van der Waals surface area contributed by atoms with Crippen LogP contribution in [0.5, 0.6) is 0 Å². The molecule has 1 atom stereocenters. The van der Waals surface area contributed by atoms with Crippen LogP contribution in [0.25, 0.3) is 0 Å². The molecule has 0 radical (unpaired) electrons. The molecule has 0 aliphatic rings. The summed E-state index contributed by atoms with van der Waals surface area (Å²) in [5.74, 6) is 0. The summed E-state index contributed by atoms with van der Waals surface area (Å²) in [5.41, 5.74) is 2.48. The van der Waals surface area contributed by atoms with E-state index in [1.165, 1.54) is 11.1 Å². The predicted octanol–water partition coefficient (Wildman–Crippen LogP) is 2.79. The maximum Gasteiger partial charge on any atom is 0.0975 e. The Balaban J connectivity index is 2.52. The zero-order valence-corrected chi connectivity index (χ0v) is 8.34. The maximum absolute atomic E-state index is 5.35. The van der Waals surface area contributed by atoms with E-state index >= 15 is 0 Å². The van der Waals surface area contributed by atoms with Crippen molar-refractivity contribution in [1.29, 1.82) is 0 Å². The summed E-state index contributed by atoms with van der Waals surface area (Å²) < 4.78 is 5.35. The molecule has 0 aliphatic heterocycles. The highest BCUT2D eigenvalue weighted by atomic mass is 32.1. The summed E-state index contributed by atoms with van der Waals surface area (Å²) in [6.07, 6.45) is 0. The minimum atomic E-state index is 0.00510. The van der Waals surface area contributed by atoms with Crippen LogP contribution in [0.15, 0.2) is 24.3 Å². The Bertz CT molecular complexity index is 245. The van der Waals surface area contributed by atoms with Crippen LogP contribution >= 0.6 is 12.6 Å². The second-order valence-corrected chi connectivity index (χ2v) is 3.63. The lowest BCUT2D eigenvalue weighted by molar-refractivity contribution is 0.112. The Morgan fingerprint density at radius 3 is 2.83 bits per heavy atom. The van der Waals surface area contributed by atoms with Gasteiger partial charge in [-0.05, 0) is 19.4 Å². The molecule has 0 aromatic heterocycles. The van der Waals surface area contributed by atoms with Crippen molar-refractivity contribution >= 4 is 12.6 Å². The monoisotopic (exact) mass is 182 g/mol. The van der Waals surface area contributed by atoms with Crippen LogP contribution in [0.2, 0.25) is 0 Å². The van der Waals surface area contributed by atoms with Gasteiger partial charge in [-0.3, -0.25) is 0 Å². The Morgan fingerprint density at radius 2 is 2.25 bits per heavy atom. The van der Waals surface area contributed by atoms with Gasteiger partial charge in [0.25, 0.3) is 0 Å². The normalized spacial score (nSPS) is 12.9. The SMILES string of the molecule is Cc1cccc(COC(C)S)c1. The topological polar surface area (TPSA) is 9.23 Å². The van der Waals surface area contributed by atoms with E-state index in [-0.39, 0.29) is 5.44 Å². The molecule has 0 amide bonds. The van der Waals surface area contributed by atoms with Gasteiger partial charge in [0.05, 0.1) is 12.0 Å². The molecule has 1 aromatic carbocycles. The molecule has 0 spiro atoms. The standard InChI is InChI=1S/C10H14OS/c1-8-4-3-5-10(6-8)7-11-9(2)12/h3-6,9,12H,7H2,1-2H3. The van der Waals surface area contributed by atoms with Crippen molar-refractivity contribution in [2.24, 2.45) is 0 Å². The van der Waals surface area contributed by atoms with Crippen molar-refractivity contribution in [3.8, 4) is 0 Å². The van der Waals surface area contributed by atoms with Crippen molar-refractivity contribution < 1.29 is 4.74 Å². The second kappa shape index (κ2) is 4.53. The molecular weight excluding hydrogens is 168 g/mol. The van der Waals surface area contributed by atoms with Crippen LogP contribution in [0.3, 0.4) is 0 Å². The molecule has 1 rings (SSSR count). The first-order valence-electron chi connectivity index (χ1n) is 4.03. The van der Waals surface area contributed by atoms with E-state index in [9.17, 15) is 0 Å². The van der Waals surface area contributed by atoms with E-state index in [0.29, 0.717) is 6.61 Å². The van der Waals surface area contributed by atoms with Gasteiger partial charge in [-0.1, -0.05) is 29.8 Å². The summed E-state index contributed by atoms with van der Waals surface area (Å²) in [5, 5.41) is 0. The van der Waals surface area contributed by atoms with E-state index in [0.717, 1.165) is 0 Å². The van der Waals surface area contributed by atoms with Gasteiger partial charge in [-0.15, -0.1) is 12.6 Å². The predicted molar refractivity (Wildman–Crippen MR) is 54.4 cm³/mol. The molecule has 0 N–H and O–H groups in total. The molecule has 1 nitrogen and oxygen atoms in total. The third kappa shape index (κ3) is 3.28. The first-order chi connectivity index (χ1) is 5.68. The fraction of sp³-hybridized carbons (Fsp3) is 0.400. The quantitative estimate of drug-likeness (QED) is 0.558. The zero-order valence-electron chi connectivity index (χ0n) is 7.45. The maximum atomic E-state index is 5.35. The van der Waals surface area contributed by atoms with Crippen LogP contribution < -0.4 is 0 Å².